The molecule has 7 N–H and O–H groups in total. The summed E-state index contributed by atoms with van der Waals surface area (Å²) in [5.41, 5.74) is 0. The number of carbonyl (C=O) groups excluding carboxylic acids is 2. The SMILES string of the molecule is COC1[C@H](O[C@H]2C(OOO)C(OOO)[C@@H](O[C@H]3C(OC)C(C)[C@H](O[C@@H]4C(COS(=O)(=O)O)O[C@H](OC)C(OOO)[C@H]4OOO)O[C@H]3OC=O)O[C@H]2COS(=O)(=O)O)OC(OC=O)[C@@H](O[C@H]2OC(COS(=O)(=O)O)[C@@H](C)[C@H](C)C2C)[C@@H]1C. The van der Waals surface area contributed by atoms with Crippen LogP contribution in [0.2, 0.25) is 0 Å². The van der Waals surface area contributed by atoms with Crippen LogP contribution in [0.3, 0.4) is 0 Å². The highest BCUT2D eigenvalue weighted by Crippen LogP contribution is 2.43. The van der Waals surface area contributed by atoms with Gasteiger partial charge in [-0.05, 0) is 11.8 Å². The van der Waals surface area contributed by atoms with E-state index in [0.717, 1.165) is 14.2 Å². The monoisotopic (exact) mass is 1260 g/mol. The van der Waals surface area contributed by atoms with Crippen molar-refractivity contribution in [2.75, 3.05) is 41.2 Å². The molecule has 0 aromatic rings. The zero-order valence-corrected chi connectivity index (χ0v) is 46.0. The fraction of sp³-hybridized carbons (Fsp3) is 0.947. The van der Waals surface area contributed by atoms with Crippen molar-refractivity contribution in [3.63, 3.8) is 0 Å². The summed E-state index contributed by atoms with van der Waals surface area (Å²) in [4.78, 5) is 43.9. The average Bonchev–Trinajstić information content (AvgIpc) is 3.41. The fourth-order valence-corrected chi connectivity index (χ4v) is 10.6. The molecule has 0 radical (unpaired) electrons. The van der Waals surface area contributed by atoms with E-state index in [2.05, 4.69) is 32.7 Å². The predicted molar refractivity (Wildman–Crippen MR) is 238 cm³/mol. The molecule has 43 heteroatoms. The molecular weight excluding hydrogens is 1190 g/mol. The third kappa shape index (κ3) is 18.3. The average molecular weight is 1260 g/mol. The first-order valence-corrected chi connectivity index (χ1v) is 27.7. The normalized spacial score (nSPS) is 40.9. The van der Waals surface area contributed by atoms with Crippen molar-refractivity contribution < 1.29 is 188 Å². The maximum absolute atomic E-state index is 12.1. The molecule has 5 heterocycles. The van der Waals surface area contributed by atoms with Crippen LogP contribution in [0, 0.1) is 29.6 Å². The highest BCUT2D eigenvalue weighted by atomic mass is 32.3. The standard InChI is InChI=1S/C38H64O40S3/c1-14-15(2)19(9-59-79(45,46)47)62-32(16(14)3)65-24-17(4)23(55-7)37(70-35(24)57-12-39)67-26-21(11-61-81(51,52)53)64-38(31(74-78-44)28(26)72-76-42)68-29-22(54-6)18(5)33(69-36(29)58-13-40)66-25-20(10-60-80(48,49)50)63-34(56-8)30(73-77-43)27(25)71-75-41/h12-38,41-44H,9-11H2,1-8H3,(H,45,46,47)(H,48,49,50)(H,51,52,53)/t14-,15-,16?,17+,18?,19?,20?,21-,22?,23?,24-,25+,26+,27-,28?,29-,30?,31?,32+,33+,34-,35?,36+,37+,38+/m0/s1. The lowest BCUT2D eigenvalue weighted by Gasteiger charge is -2.50. The van der Waals surface area contributed by atoms with Crippen LogP contribution in [-0.2, 0) is 159 Å². The molecule has 0 bridgehead atoms. The van der Waals surface area contributed by atoms with Crippen LogP contribution >= 0.6 is 0 Å². The third-order valence-corrected chi connectivity index (χ3v) is 15.2. The summed E-state index contributed by atoms with van der Waals surface area (Å²) in [7, 11) is -12.2. The lowest BCUT2D eigenvalue weighted by Crippen LogP contribution is -2.67. The van der Waals surface area contributed by atoms with E-state index < -0.39 is 192 Å². The summed E-state index contributed by atoms with van der Waals surface area (Å²) < 4.78 is 194. The Bertz CT molecular complexity index is 2250. The Morgan fingerprint density at radius 1 is 0.358 bits per heavy atom. The lowest BCUT2D eigenvalue weighted by atomic mass is 9.79. The van der Waals surface area contributed by atoms with Crippen LogP contribution in [0.4, 0.5) is 0 Å². The van der Waals surface area contributed by atoms with E-state index in [9.17, 15) is 64.3 Å². The molecule has 0 aliphatic carbocycles. The second-order valence-corrected chi connectivity index (χ2v) is 21.6. The molecule has 0 saturated carbocycles. The molecule has 10 unspecified atom stereocenters. The van der Waals surface area contributed by atoms with E-state index in [1.54, 1.807) is 13.8 Å². The van der Waals surface area contributed by atoms with Crippen molar-refractivity contribution in [2.45, 2.75) is 158 Å². The van der Waals surface area contributed by atoms with Crippen LogP contribution in [0.5, 0.6) is 0 Å². The van der Waals surface area contributed by atoms with Gasteiger partial charge >= 0.3 is 31.2 Å². The molecule has 0 amide bonds. The zero-order chi connectivity index (χ0) is 60.1. The number of rotatable bonds is 32. The zero-order valence-electron chi connectivity index (χ0n) is 43.5. The van der Waals surface area contributed by atoms with E-state index in [0.29, 0.717) is 0 Å². The molecule has 5 fully saturated rings. The minimum atomic E-state index is -5.38. The second kappa shape index (κ2) is 31.3. The van der Waals surface area contributed by atoms with E-state index >= 15 is 0 Å². The van der Waals surface area contributed by atoms with Crippen molar-refractivity contribution in [1.29, 1.82) is 0 Å². The van der Waals surface area contributed by atoms with Gasteiger partial charge in [0, 0.05) is 39.1 Å². The van der Waals surface area contributed by atoms with Gasteiger partial charge in [-0.2, -0.15) is 44.8 Å². The van der Waals surface area contributed by atoms with Crippen molar-refractivity contribution >= 4 is 44.1 Å². The molecule has 5 rings (SSSR count). The first-order valence-electron chi connectivity index (χ1n) is 23.6. The van der Waals surface area contributed by atoms with Gasteiger partial charge in [-0.1, -0.05) is 54.8 Å². The largest absolute Gasteiger partial charge is 0.435 e. The summed E-state index contributed by atoms with van der Waals surface area (Å²) in [6.07, 6.45) is -35.0. The molecule has 81 heavy (non-hydrogen) atoms. The van der Waals surface area contributed by atoms with E-state index in [4.69, 9.17) is 91.1 Å². The molecule has 0 aromatic carbocycles. The van der Waals surface area contributed by atoms with Crippen molar-refractivity contribution in [2.24, 2.45) is 29.6 Å². The van der Waals surface area contributed by atoms with Gasteiger partial charge in [0.15, 0.2) is 55.9 Å². The summed E-state index contributed by atoms with van der Waals surface area (Å²) in [5.74, 6) is -3.26. The van der Waals surface area contributed by atoms with Gasteiger partial charge in [0.2, 0.25) is 12.6 Å². The van der Waals surface area contributed by atoms with Crippen LogP contribution in [0.1, 0.15) is 34.6 Å². The van der Waals surface area contributed by atoms with Crippen molar-refractivity contribution in [3.05, 3.63) is 0 Å². The van der Waals surface area contributed by atoms with Gasteiger partial charge in [0.25, 0.3) is 12.9 Å². The van der Waals surface area contributed by atoms with Crippen molar-refractivity contribution in [3.8, 4) is 0 Å². The molecule has 5 aliphatic heterocycles. The van der Waals surface area contributed by atoms with Crippen molar-refractivity contribution in [1.82, 2.24) is 0 Å². The van der Waals surface area contributed by atoms with Gasteiger partial charge in [-0.3, -0.25) is 23.2 Å². The van der Waals surface area contributed by atoms with Crippen LogP contribution in [-0.4, -0.2) is 237 Å². The molecule has 0 aromatic heterocycles. The summed E-state index contributed by atoms with van der Waals surface area (Å²) >= 11 is 0. The van der Waals surface area contributed by atoms with Gasteiger partial charge in [0.1, 0.15) is 42.7 Å². The Morgan fingerprint density at radius 3 is 1.19 bits per heavy atom. The maximum atomic E-state index is 12.1. The molecule has 0 spiro atoms. The van der Waals surface area contributed by atoms with Gasteiger partial charge in [-0.15, -0.1) is 0 Å². The minimum Gasteiger partial charge on any atom is -0.435 e. The first kappa shape index (κ1) is 69.4. The number of hydrogen-bond donors (Lipinski definition) is 7. The first-order chi connectivity index (χ1) is 38.2. The third-order valence-electron chi connectivity index (χ3n) is 13.9. The van der Waals surface area contributed by atoms with Crippen LogP contribution in [0.25, 0.3) is 0 Å². The Balaban J connectivity index is 1.47. The van der Waals surface area contributed by atoms with Crippen LogP contribution in [0.15, 0.2) is 0 Å². The van der Waals surface area contributed by atoms with E-state index in [-0.39, 0.29) is 24.8 Å². The molecule has 25 atom stereocenters. The maximum Gasteiger partial charge on any atom is 0.397 e. The highest BCUT2D eigenvalue weighted by Gasteiger charge is 2.60. The number of hydrogen-bond acceptors (Lipinski definition) is 37. The quantitative estimate of drug-likeness (QED) is 0.0164. The summed E-state index contributed by atoms with van der Waals surface area (Å²) in [5, 5.41) is 53.6. The summed E-state index contributed by atoms with van der Waals surface area (Å²) in [6, 6.07) is 0. The Morgan fingerprint density at radius 2 is 0.728 bits per heavy atom. The van der Waals surface area contributed by atoms with Gasteiger partial charge in [-0.25, -0.2) is 33.6 Å². The fourth-order valence-electron chi connectivity index (χ4n) is 9.70. The molecule has 474 valence electrons. The topological polar surface area (TPSA) is 509 Å². The van der Waals surface area contributed by atoms with E-state index in [1.807, 2.05) is 6.92 Å². The Labute approximate surface area is 459 Å². The highest BCUT2D eigenvalue weighted by molar-refractivity contribution is 7.81. The number of carbonyl (C=O) groups is 2. The van der Waals surface area contributed by atoms with Crippen LogP contribution < -0.4 is 0 Å². The van der Waals surface area contributed by atoms with Gasteiger partial charge < -0.3 is 66.3 Å². The predicted octanol–water partition coefficient (Wildman–Crippen LogP) is -2.11. The molecular formula is C38H64O40S3. The summed E-state index contributed by atoms with van der Waals surface area (Å²) in [6.45, 7) is 5.03. The molecule has 5 saturated heterocycles. The smallest absolute Gasteiger partial charge is 0.397 e. The van der Waals surface area contributed by atoms with E-state index in [1.165, 1.54) is 21.0 Å². The number of ether oxygens (including phenoxy) is 14. The van der Waals surface area contributed by atoms with Gasteiger partial charge in [0.05, 0.1) is 32.0 Å². The molecule has 40 nitrogen and oxygen atoms in total. The minimum absolute atomic E-state index is 0.0187. The Kier molecular flexibility index (Phi) is 26.8. The molecule has 5 aliphatic rings. The lowest BCUT2D eigenvalue weighted by molar-refractivity contribution is -0.573. The number of methoxy groups -OCH3 is 3. The second-order valence-electron chi connectivity index (χ2n) is 18.4. The Hall–Kier alpha value is -2.41.